The van der Waals surface area contributed by atoms with Gasteiger partial charge in [0, 0.05) is 16.6 Å². The van der Waals surface area contributed by atoms with Crippen molar-refractivity contribution in [3.63, 3.8) is 0 Å². The van der Waals surface area contributed by atoms with Crippen LogP contribution in [0.1, 0.15) is 12.0 Å². The van der Waals surface area contributed by atoms with Crippen molar-refractivity contribution in [2.75, 3.05) is 11.9 Å². The molecule has 1 atom stereocenters. The highest BCUT2D eigenvalue weighted by molar-refractivity contribution is 9.10. The van der Waals surface area contributed by atoms with Crippen LogP contribution in [0.2, 0.25) is 0 Å². The van der Waals surface area contributed by atoms with Crippen molar-refractivity contribution in [2.45, 2.75) is 11.7 Å². The topological polar surface area (TPSA) is 129 Å². The summed E-state index contributed by atoms with van der Waals surface area (Å²) in [7, 11) is 0. The zero-order chi connectivity index (χ0) is 22.2. The predicted molar refractivity (Wildman–Crippen MR) is 122 cm³/mol. The second-order valence-electron chi connectivity index (χ2n) is 6.26. The molecule has 0 aromatic heterocycles. The molecular weight excluding hydrogens is 488 g/mol. The second-order valence-corrected chi connectivity index (χ2v) is 8.36. The molecule has 2 aromatic carbocycles. The van der Waals surface area contributed by atoms with Gasteiger partial charge in [0.2, 0.25) is 11.8 Å². The summed E-state index contributed by atoms with van der Waals surface area (Å²) in [5.41, 5.74) is 1.36. The van der Waals surface area contributed by atoms with E-state index in [1.807, 2.05) is 12.1 Å². The Morgan fingerprint density at radius 2 is 1.90 bits per heavy atom. The van der Waals surface area contributed by atoms with Gasteiger partial charge < -0.3 is 20.5 Å². The number of rotatable bonds is 8. The van der Waals surface area contributed by atoms with Gasteiger partial charge in [-0.3, -0.25) is 9.59 Å². The van der Waals surface area contributed by atoms with Crippen LogP contribution in [0.5, 0.6) is 5.75 Å². The summed E-state index contributed by atoms with van der Waals surface area (Å²) >= 11 is 4.47. The van der Waals surface area contributed by atoms with Crippen molar-refractivity contribution in [3.8, 4) is 5.75 Å². The lowest BCUT2D eigenvalue weighted by Crippen LogP contribution is -2.28. The van der Waals surface area contributed by atoms with Crippen LogP contribution in [0.25, 0.3) is 0 Å². The van der Waals surface area contributed by atoms with Gasteiger partial charge in [-0.1, -0.05) is 27.7 Å². The summed E-state index contributed by atoms with van der Waals surface area (Å²) in [6.07, 6.45) is 1.49. The number of nitrogens with zero attached hydrogens (tertiary/aromatic N) is 2. The first-order chi connectivity index (χ1) is 14.9. The van der Waals surface area contributed by atoms with Crippen molar-refractivity contribution in [3.05, 3.63) is 58.6 Å². The average Bonchev–Trinajstić information content (AvgIpc) is 3.08. The largest absolute Gasteiger partial charge is 0.482 e. The van der Waals surface area contributed by atoms with Gasteiger partial charge in [0.1, 0.15) is 11.0 Å². The first kappa shape index (κ1) is 22.5. The van der Waals surface area contributed by atoms with Crippen LogP contribution in [0, 0.1) is 0 Å². The van der Waals surface area contributed by atoms with E-state index in [4.69, 9.17) is 9.84 Å². The number of ether oxygens (including phenoxy) is 1. The molecule has 160 valence electrons. The average molecular weight is 505 g/mol. The third kappa shape index (κ3) is 7.23. The van der Waals surface area contributed by atoms with Crippen LogP contribution in [-0.2, 0) is 14.4 Å². The van der Waals surface area contributed by atoms with Crippen LogP contribution in [-0.4, -0.2) is 46.1 Å². The molecule has 9 nitrogen and oxygen atoms in total. The predicted octanol–water partition coefficient (Wildman–Crippen LogP) is 2.86. The molecule has 31 heavy (non-hydrogen) atoms. The van der Waals surface area contributed by atoms with Crippen molar-refractivity contribution in [2.24, 2.45) is 10.2 Å². The van der Waals surface area contributed by atoms with E-state index >= 15 is 0 Å². The molecule has 1 saturated heterocycles. The lowest BCUT2D eigenvalue weighted by Gasteiger charge is -2.07. The fourth-order valence-electron chi connectivity index (χ4n) is 2.44. The third-order valence-corrected chi connectivity index (χ3v) is 5.47. The van der Waals surface area contributed by atoms with E-state index in [-0.39, 0.29) is 18.2 Å². The molecule has 3 rings (SSSR count). The molecule has 3 N–H and O–H groups in total. The van der Waals surface area contributed by atoms with Gasteiger partial charge >= 0.3 is 5.97 Å². The number of hydrogen-bond donors (Lipinski definition) is 3. The lowest BCUT2D eigenvalue weighted by atomic mass is 10.2. The van der Waals surface area contributed by atoms with E-state index in [2.05, 4.69) is 36.8 Å². The summed E-state index contributed by atoms with van der Waals surface area (Å²) in [5, 5.41) is 21.6. The van der Waals surface area contributed by atoms with Gasteiger partial charge in [-0.05, 0) is 54.1 Å². The number of carboxylic acids is 1. The van der Waals surface area contributed by atoms with E-state index in [1.165, 1.54) is 6.21 Å². The highest BCUT2D eigenvalue weighted by atomic mass is 79.9. The monoisotopic (exact) mass is 504 g/mol. The first-order valence-electron chi connectivity index (χ1n) is 8.97. The van der Waals surface area contributed by atoms with Gasteiger partial charge in [-0.15, -0.1) is 5.10 Å². The zero-order valence-electron chi connectivity index (χ0n) is 15.9. The highest BCUT2D eigenvalue weighted by Crippen LogP contribution is 2.23. The van der Waals surface area contributed by atoms with Crippen molar-refractivity contribution < 1.29 is 24.2 Å². The zero-order valence-corrected chi connectivity index (χ0v) is 18.4. The van der Waals surface area contributed by atoms with E-state index in [1.54, 1.807) is 36.4 Å². The van der Waals surface area contributed by atoms with Crippen molar-refractivity contribution in [1.82, 2.24) is 5.32 Å². The number of nitrogens with one attached hydrogen (secondary N) is 2. The smallest absolute Gasteiger partial charge is 0.341 e. The molecule has 1 heterocycles. The molecule has 2 amide bonds. The van der Waals surface area contributed by atoms with Gasteiger partial charge in [-0.2, -0.15) is 5.10 Å². The molecule has 0 radical (unpaired) electrons. The minimum atomic E-state index is -1.05. The summed E-state index contributed by atoms with van der Waals surface area (Å²) in [4.78, 5) is 34.8. The van der Waals surface area contributed by atoms with E-state index in [9.17, 15) is 14.4 Å². The maximum Gasteiger partial charge on any atom is 0.341 e. The Hall–Kier alpha value is -3.18. The van der Waals surface area contributed by atoms with Gasteiger partial charge in [0.15, 0.2) is 11.8 Å². The third-order valence-electron chi connectivity index (χ3n) is 3.87. The van der Waals surface area contributed by atoms with Gasteiger partial charge in [0.25, 0.3) is 0 Å². The number of hydrogen-bond acceptors (Lipinski definition) is 7. The number of carbonyl (C=O) groups excluding carboxylic acids is 2. The summed E-state index contributed by atoms with van der Waals surface area (Å²) < 4.78 is 5.95. The number of thioether (sulfide) groups is 1. The normalized spacial score (nSPS) is 17.0. The Kier molecular flexibility index (Phi) is 7.79. The molecule has 1 aliphatic rings. The standard InChI is InChI=1S/C20H17BrN4O5S/c21-13-3-5-14(6-4-13)23-17(26)9-16-19(29)24-20(31-16)25-22-10-12-1-7-15(8-2-12)30-11-18(27)28/h1-8,10,16H,9,11H2,(H,23,26)(H,27,28)(H,24,25,29). The first-order valence-corrected chi connectivity index (χ1v) is 10.6. The number of carboxylic acid groups (broad SMARTS) is 1. The molecule has 2 aromatic rings. The van der Waals surface area contributed by atoms with Crippen LogP contribution in [0.3, 0.4) is 0 Å². The van der Waals surface area contributed by atoms with E-state index in [0.717, 1.165) is 16.2 Å². The van der Waals surface area contributed by atoms with Gasteiger partial charge in [-0.25, -0.2) is 4.79 Å². The Morgan fingerprint density at radius 1 is 1.19 bits per heavy atom. The molecule has 0 bridgehead atoms. The maximum absolute atomic E-state index is 12.2. The van der Waals surface area contributed by atoms with Crippen LogP contribution in [0.4, 0.5) is 5.69 Å². The molecule has 1 aliphatic heterocycles. The van der Waals surface area contributed by atoms with E-state index < -0.39 is 17.8 Å². The molecule has 0 aliphatic carbocycles. The SMILES string of the molecule is O=C(O)COc1ccc(C=NN=C2NC(=O)C(CC(=O)Nc3ccc(Br)cc3)S2)cc1. The molecule has 1 unspecified atom stereocenters. The quantitative estimate of drug-likeness (QED) is 0.374. The molecule has 0 saturated carbocycles. The number of amidine groups is 1. The number of carbonyl (C=O) groups is 3. The molecule has 0 spiro atoms. The molecule has 1 fully saturated rings. The van der Waals surface area contributed by atoms with E-state index in [0.29, 0.717) is 22.2 Å². The number of halogens is 1. The fourth-order valence-corrected chi connectivity index (χ4v) is 3.63. The van der Waals surface area contributed by atoms with Crippen molar-refractivity contribution >= 4 is 62.5 Å². The number of aliphatic carboxylic acids is 1. The fraction of sp³-hybridized carbons (Fsp3) is 0.150. The second kappa shape index (κ2) is 10.7. The lowest BCUT2D eigenvalue weighted by molar-refractivity contribution is -0.139. The number of anilines is 1. The highest BCUT2D eigenvalue weighted by Gasteiger charge is 2.32. The minimum Gasteiger partial charge on any atom is -0.482 e. The van der Waals surface area contributed by atoms with Crippen molar-refractivity contribution in [1.29, 1.82) is 0 Å². The van der Waals surface area contributed by atoms with Gasteiger partial charge in [0.05, 0.1) is 6.21 Å². The van der Waals surface area contributed by atoms with Crippen LogP contribution in [0.15, 0.2) is 63.2 Å². The minimum absolute atomic E-state index is 0.00705. The number of benzene rings is 2. The maximum atomic E-state index is 12.2. The van der Waals surface area contributed by atoms with Crippen LogP contribution >= 0.6 is 27.7 Å². The molecule has 11 heteroatoms. The summed E-state index contributed by atoms with van der Waals surface area (Å²) in [6, 6.07) is 13.8. The Bertz CT molecular complexity index is 1020. The molecular formula is C20H17BrN4O5S. The Labute approximate surface area is 190 Å². The summed E-state index contributed by atoms with van der Waals surface area (Å²) in [6.45, 7) is -0.416. The van der Waals surface area contributed by atoms with Crippen LogP contribution < -0.4 is 15.4 Å². The number of amides is 2. The summed E-state index contributed by atoms with van der Waals surface area (Å²) in [5.74, 6) is -1.20. The Balaban J connectivity index is 1.50. The Morgan fingerprint density at radius 3 is 2.58 bits per heavy atom.